The van der Waals surface area contributed by atoms with Gasteiger partial charge in [0.2, 0.25) is 0 Å². The molecule has 1 heterocycles. The Morgan fingerprint density at radius 3 is 2.42 bits per heavy atom. The molecular formula is C16H17ClN2O4S. The highest BCUT2D eigenvalue weighted by Crippen LogP contribution is 2.18. The Labute approximate surface area is 145 Å². The first-order valence-corrected chi connectivity index (χ1v) is 9.18. The van der Waals surface area contributed by atoms with Crippen LogP contribution in [0.1, 0.15) is 25.0 Å². The smallest absolute Gasteiger partial charge is 0.303 e. The Kier molecular flexibility index (Phi) is 6.16. The number of carboxylic acid groups (broad SMARTS) is 1. The number of sulfonamides is 1. The maximum atomic E-state index is 12.2. The van der Waals surface area contributed by atoms with Gasteiger partial charge in [0.25, 0.3) is 10.0 Å². The number of benzene rings is 1. The Morgan fingerprint density at radius 2 is 1.83 bits per heavy atom. The minimum absolute atomic E-state index is 0.115. The highest BCUT2D eigenvalue weighted by molar-refractivity contribution is 7.92. The van der Waals surface area contributed by atoms with Crippen LogP contribution in [0.5, 0.6) is 0 Å². The number of hydrogen-bond donors (Lipinski definition) is 2. The summed E-state index contributed by atoms with van der Waals surface area (Å²) in [6.07, 6.45) is 3.54. The maximum Gasteiger partial charge on any atom is 0.303 e. The number of unbranched alkanes of at least 4 members (excludes halogenated alkanes) is 1. The molecule has 0 fully saturated rings. The molecule has 0 spiro atoms. The molecule has 2 rings (SSSR count). The van der Waals surface area contributed by atoms with Crippen molar-refractivity contribution in [3.05, 3.63) is 53.3 Å². The number of halogens is 1. The summed E-state index contributed by atoms with van der Waals surface area (Å²) in [6.45, 7) is 0. The standard InChI is InChI=1S/C16H17ClN2O4S/c17-12-5-9-15(10-6-12)24(22,23)19-14-8-7-13(18-11-14)3-1-2-4-16(20)21/h5-11,19H,1-4H2,(H,20,21). The highest BCUT2D eigenvalue weighted by atomic mass is 35.5. The van der Waals surface area contributed by atoms with Gasteiger partial charge in [-0.05, 0) is 55.7 Å². The second kappa shape index (κ2) is 8.12. The van der Waals surface area contributed by atoms with Gasteiger partial charge in [0, 0.05) is 17.1 Å². The molecule has 24 heavy (non-hydrogen) atoms. The number of pyridine rings is 1. The molecule has 0 aliphatic heterocycles. The van der Waals surface area contributed by atoms with Crippen LogP contribution in [0.15, 0.2) is 47.5 Å². The largest absolute Gasteiger partial charge is 0.481 e. The van der Waals surface area contributed by atoms with Crippen LogP contribution >= 0.6 is 11.6 Å². The molecule has 6 nitrogen and oxygen atoms in total. The van der Waals surface area contributed by atoms with Crippen LogP contribution in [0.4, 0.5) is 5.69 Å². The third-order valence-corrected chi connectivity index (χ3v) is 4.92. The zero-order chi connectivity index (χ0) is 17.6. The minimum atomic E-state index is -3.69. The lowest BCUT2D eigenvalue weighted by atomic mass is 10.1. The van der Waals surface area contributed by atoms with E-state index < -0.39 is 16.0 Å². The van der Waals surface area contributed by atoms with E-state index in [1.54, 1.807) is 12.1 Å². The molecule has 0 saturated heterocycles. The molecule has 2 N–H and O–H groups in total. The van der Waals surface area contributed by atoms with Crippen molar-refractivity contribution in [3.63, 3.8) is 0 Å². The summed E-state index contributed by atoms with van der Waals surface area (Å²) in [5.41, 5.74) is 1.15. The fraction of sp³-hybridized carbons (Fsp3) is 0.250. The molecule has 0 aliphatic carbocycles. The number of aliphatic carboxylic acids is 1. The average Bonchev–Trinajstić information content (AvgIpc) is 2.53. The fourth-order valence-electron chi connectivity index (χ4n) is 2.04. The van der Waals surface area contributed by atoms with Crippen molar-refractivity contribution in [1.82, 2.24) is 4.98 Å². The molecule has 0 bridgehead atoms. The van der Waals surface area contributed by atoms with Crippen molar-refractivity contribution in [2.24, 2.45) is 0 Å². The summed E-state index contributed by atoms with van der Waals surface area (Å²) in [4.78, 5) is 14.7. The van der Waals surface area contributed by atoms with Gasteiger partial charge in [-0.1, -0.05) is 11.6 Å². The molecule has 0 aliphatic rings. The van der Waals surface area contributed by atoms with E-state index in [0.717, 1.165) is 12.1 Å². The molecule has 8 heteroatoms. The number of nitrogens with zero attached hydrogens (tertiary/aromatic N) is 1. The number of aryl methyl sites for hydroxylation is 1. The first-order valence-electron chi connectivity index (χ1n) is 7.32. The second-order valence-corrected chi connectivity index (χ2v) is 7.32. The van der Waals surface area contributed by atoms with Gasteiger partial charge >= 0.3 is 5.97 Å². The molecule has 0 unspecified atom stereocenters. The number of carbonyl (C=O) groups is 1. The summed E-state index contributed by atoms with van der Waals surface area (Å²) in [5, 5.41) is 9.04. The van der Waals surface area contributed by atoms with Gasteiger partial charge in [-0.3, -0.25) is 14.5 Å². The predicted molar refractivity (Wildman–Crippen MR) is 91.7 cm³/mol. The molecule has 0 amide bonds. The number of carboxylic acids is 1. The van der Waals surface area contributed by atoms with Crippen LogP contribution in [0.25, 0.3) is 0 Å². The second-order valence-electron chi connectivity index (χ2n) is 5.20. The third kappa shape index (κ3) is 5.50. The summed E-state index contributed by atoms with van der Waals surface area (Å²) in [7, 11) is -3.69. The van der Waals surface area contributed by atoms with Gasteiger partial charge < -0.3 is 5.11 Å². The lowest BCUT2D eigenvalue weighted by Gasteiger charge is -2.08. The zero-order valence-corrected chi connectivity index (χ0v) is 14.3. The molecule has 0 radical (unpaired) electrons. The lowest BCUT2D eigenvalue weighted by molar-refractivity contribution is -0.137. The van der Waals surface area contributed by atoms with Gasteiger partial charge in [-0.2, -0.15) is 0 Å². The van der Waals surface area contributed by atoms with E-state index in [1.165, 1.54) is 30.5 Å². The van der Waals surface area contributed by atoms with E-state index in [-0.39, 0.29) is 11.3 Å². The van der Waals surface area contributed by atoms with Crippen molar-refractivity contribution < 1.29 is 18.3 Å². The van der Waals surface area contributed by atoms with Crippen molar-refractivity contribution in [1.29, 1.82) is 0 Å². The van der Waals surface area contributed by atoms with E-state index in [0.29, 0.717) is 23.6 Å². The zero-order valence-electron chi connectivity index (χ0n) is 12.8. The Hall–Kier alpha value is -2.12. The van der Waals surface area contributed by atoms with Gasteiger partial charge in [-0.25, -0.2) is 8.42 Å². The Bertz CT molecular complexity index is 790. The molecule has 2 aromatic rings. The van der Waals surface area contributed by atoms with Crippen molar-refractivity contribution in [2.45, 2.75) is 30.6 Å². The van der Waals surface area contributed by atoms with Gasteiger partial charge in [0.05, 0.1) is 16.8 Å². The lowest BCUT2D eigenvalue weighted by Crippen LogP contribution is -2.13. The van der Waals surface area contributed by atoms with Gasteiger partial charge in [-0.15, -0.1) is 0 Å². The first kappa shape index (κ1) is 18.2. The molecule has 1 aromatic heterocycles. The molecule has 0 atom stereocenters. The highest BCUT2D eigenvalue weighted by Gasteiger charge is 2.14. The summed E-state index contributed by atoms with van der Waals surface area (Å²) < 4.78 is 26.9. The topological polar surface area (TPSA) is 96.4 Å². The van der Waals surface area contributed by atoms with Crippen molar-refractivity contribution >= 4 is 33.3 Å². The van der Waals surface area contributed by atoms with E-state index in [9.17, 15) is 13.2 Å². The van der Waals surface area contributed by atoms with Crippen LogP contribution in [-0.4, -0.2) is 24.5 Å². The molecule has 1 aromatic carbocycles. The van der Waals surface area contributed by atoms with Crippen LogP contribution in [0.2, 0.25) is 5.02 Å². The van der Waals surface area contributed by atoms with Crippen molar-refractivity contribution in [2.75, 3.05) is 4.72 Å². The Morgan fingerprint density at radius 1 is 1.12 bits per heavy atom. The number of hydrogen-bond acceptors (Lipinski definition) is 4. The monoisotopic (exact) mass is 368 g/mol. The number of rotatable bonds is 8. The van der Waals surface area contributed by atoms with E-state index in [1.807, 2.05) is 0 Å². The first-order chi connectivity index (χ1) is 11.4. The van der Waals surface area contributed by atoms with Crippen LogP contribution in [0, 0.1) is 0 Å². The molecule has 0 saturated carbocycles. The maximum absolute atomic E-state index is 12.2. The van der Waals surface area contributed by atoms with Gasteiger partial charge in [0.15, 0.2) is 0 Å². The van der Waals surface area contributed by atoms with Gasteiger partial charge in [0.1, 0.15) is 0 Å². The number of aromatic nitrogens is 1. The molecule has 128 valence electrons. The quantitative estimate of drug-likeness (QED) is 0.696. The van der Waals surface area contributed by atoms with E-state index in [4.69, 9.17) is 16.7 Å². The fourth-order valence-corrected chi connectivity index (χ4v) is 3.21. The Balaban J connectivity index is 1.95. The van der Waals surface area contributed by atoms with Crippen LogP contribution < -0.4 is 4.72 Å². The summed E-state index contributed by atoms with van der Waals surface area (Å²) in [5.74, 6) is -0.810. The van der Waals surface area contributed by atoms with Crippen molar-refractivity contribution in [3.8, 4) is 0 Å². The number of anilines is 1. The van der Waals surface area contributed by atoms with Crippen LogP contribution in [-0.2, 0) is 21.2 Å². The normalized spacial score (nSPS) is 11.2. The molecular weight excluding hydrogens is 352 g/mol. The van der Waals surface area contributed by atoms with Crippen LogP contribution in [0.3, 0.4) is 0 Å². The SMILES string of the molecule is O=C(O)CCCCc1ccc(NS(=O)(=O)c2ccc(Cl)cc2)cn1. The third-order valence-electron chi connectivity index (χ3n) is 3.27. The van der Waals surface area contributed by atoms with E-state index in [2.05, 4.69) is 9.71 Å². The number of nitrogens with one attached hydrogen (secondary N) is 1. The minimum Gasteiger partial charge on any atom is -0.481 e. The average molecular weight is 369 g/mol. The summed E-state index contributed by atoms with van der Waals surface area (Å²) >= 11 is 5.75. The summed E-state index contributed by atoms with van der Waals surface area (Å²) in [6, 6.07) is 9.22. The predicted octanol–water partition coefficient (Wildman–Crippen LogP) is 3.33. The van der Waals surface area contributed by atoms with E-state index >= 15 is 0 Å².